The number of alkyl halides is 3. The highest BCUT2D eigenvalue weighted by atomic mass is 79.9. The molecule has 218 valence electrons. The number of carbonyl (C=O) groups excluding carboxylic acids is 2. The van der Waals surface area contributed by atoms with Gasteiger partial charge in [0.2, 0.25) is 0 Å². The van der Waals surface area contributed by atoms with Crippen LogP contribution in [0, 0.1) is 0 Å². The number of rotatable bonds is 6. The summed E-state index contributed by atoms with van der Waals surface area (Å²) in [4.78, 5) is 29.2. The second kappa shape index (κ2) is 12.5. The summed E-state index contributed by atoms with van der Waals surface area (Å²) < 4.78 is 45.8. The molecule has 0 aliphatic rings. The number of esters is 1. The van der Waals surface area contributed by atoms with Crippen molar-refractivity contribution in [1.29, 1.82) is 0 Å². The molecule has 13 heteroatoms. The van der Waals surface area contributed by atoms with Crippen LogP contribution in [0.3, 0.4) is 0 Å². The number of fused-ring (bicyclic) bond motifs is 1. The van der Waals surface area contributed by atoms with Gasteiger partial charge in [-0.05, 0) is 70.5 Å². The molecule has 43 heavy (non-hydrogen) atoms. The fraction of sp³-hybridized carbons (Fsp3) is 0.0333. The SMILES string of the molecule is O=C(Oc1c(Br)cc(Br)cc1C=NNC(=O)c1[nH]c2ccc(Cl)cc2c1-c1ccccc1Cl)c1cccc(C(F)(F)F)c1. The van der Waals surface area contributed by atoms with Gasteiger partial charge in [0.1, 0.15) is 5.69 Å². The predicted octanol–water partition coefficient (Wildman–Crippen LogP) is 9.67. The van der Waals surface area contributed by atoms with Gasteiger partial charge in [0.25, 0.3) is 5.91 Å². The number of benzene rings is 4. The first kappa shape index (κ1) is 30.8. The van der Waals surface area contributed by atoms with Crippen LogP contribution in [0.25, 0.3) is 22.0 Å². The van der Waals surface area contributed by atoms with Crippen LogP contribution in [-0.2, 0) is 6.18 Å². The highest BCUT2D eigenvalue weighted by Crippen LogP contribution is 2.38. The van der Waals surface area contributed by atoms with Crippen molar-refractivity contribution in [2.24, 2.45) is 5.10 Å². The predicted molar refractivity (Wildman–Crippen MR) is 167 cm³/mol. The van der Waals surface area contributed by atoms with Gasteiger partial charge in [-0.2, -0.15) is 18.3 Å². The number of amides is 1. The highest BCUT2D eigenvalue weighted by Gasteiger charge is 2.31. The third-order valence-corrected chi connectivity index (χ3v) is 7.77. The van der Waals surface area contributed by atoms with Crippen LogP contribution < -0.4 is 10.2 Å². The quantitative estimate of drug-likeness (QED) is 0.0784. The molecule has 1 aromatic heterocycles. The van der Waals surface area contributed by atoms with E-state index in [0.29, 0.717) is 47.1 Å². The molecular weight excluding hydrogens is 738 g/mol. The standard InChI is InChI=1S/C30H16Br2Cl2F3N3O3/c31-18-11-16(27(22(32)12-18)43-29(42)15-4-3-5-17(10-15)30(35,36)37)14-38-40-28(41)26-25(20-6-1-2-7-23(20)34)21-13-19(33)8-9-24(21)39-26/h1-14,39H,(H,40,41). The molecule has 1 heterocycles. The Bertz CT molecular complexity index is 1930. The van der Waals surface area contributed by atoms with Crippen molar-refractivity contribution in [2.45, 2.75) is 6.18 Å². The summed E-state index contributed by atoms with van der Waals surface area (Å²) in [7, 11) is 0. The van der Waals surface area contributed by atoms with Crippen LogP contribution in [-0.4, -0.2) is 23.1 Å². The minimum atomic E-state index is -4.63. The average Bonchev–Trinajstić information content (AvgIpc) is 3.33. The van der Waals surface area contributed by atoms with Gasteiger partial charge >= 0.3 is 12.1 Å². The number of carbonyl (C=O) groups is 2. The van der Waals surface area contributed by atoms with E-state index in [2.05, 4.69) is 47.4 Å². The topological polar surface area (TPSA) is 83.5 Å². The normalized spacial score (nSPS) is 11.7. The fourth-order valence-electron chi connectivity index (χ4n) is 4.25. The van der Waals surface area contributed by atoms with Crippen LogP contribution in [0.4, 0.5) is 13.2 Å². The summed E-state index contributed by atoms with van der Waals surface area (Å²) in [6, 6.07) is 19.2. The summed E-state index contributed by atoms with van der Waals surface area (Å²) in [5, 5.41) is 5.62. The first-order chi connectivity index (χ1) is 20.4. The zero-order valence-electron chi connectivity index (χ0n) is 21.4. The van der Waals surface area contributed by atoms with E-state index in [1.807, 2.05) is 0 Å². The molecule has 0 radical (unpaired) electrons. The number of hydrogen-bond donors (Lipinski definition) is 2. The van der Waals surface area contributed by atoms with Gasteiger partial charge in [0, 0.05) is 42.1 Å². The molecule has 6 nitrogen and oxygen atoms in total. The molecule has 4 aromatic carbocycles. The van der Waals surface area contributed by atoms with E-state index in [1.54, 1.807) is 54.6 Å². The van der Waals surface area contributed by atoms with Gasteiger partial charge in [0.15, 0.2) is 5.75 Å². The van der Waals surface area contributed by atoms with Gasteiger partial charge in [-0.3, -0.25) is 4.79 Å². The zero-order valence-corrected chi connectivity index (χ0v) is 26.1. The third kappa shape index (κ3) is 6.80. The van der Waals surface area contributed by atoms with Gasteiger partial charge in [0.05, 0.1) is 21.8 Å². The Hall–Kier alpha value is -3.64. The largest absolute Gasteiger partial charge is 0.421 e. The highest BCUT2D eigenvalue weighted by molar-refractivity contribution is 9.11. The number of aromatic amines is 1. The summed E-state index contributed by atoms with van der Waals surface area (Å²) in [5.41, 5.74) is 3.35. The molecule has 0 aliphatic carbocycles. The lowest BCUT2D eigenvalue weighted by Crippen LogP contribution is -2.19. The Balaban J connectivity index is 1.44. The molecular formula is C30H16Br2Cl2F3N3O3. The van der Waals surface area contributed by atoms with Crippen LogP contribution in [0.2, 0.25) is 10.0 Å². The van der Waals surface area contributed by atoms with Crippen LogP contribution in [0.1, 0.15) is 32.0 Å². The molecule has 0 unspecified atom stereocenters. The number of H-pyrrole nitrogens is 1. The maximum Gasteiger partial charge on any atom is 0.416 e. The van der Waals surface area contributed by atoms with Gasteiger partial charge in [-0.15, -0.1) is 0 Å². The summed E-state index contributed by atoms with van der Waals surface area (Å²) >= 11 is 19.4. The summed E-state index contributed by atoms with van der Waals surface area (Å²) in [6.07, 6.45) is -3.40. The van der Waals surface area contributed by atoms with Crippen molar-refractivity contribution >= 4 is 84.1 Å². The molecule has 2 N–H and O–H groups in total. The van der Waals surface area contributed by atoms with Crippen LogP contribution in [0.5, 0.6) is 5.75 Å². The van der Waals surface area contributed by atoms with Gasteiger partial charge in [-0.1, -0.05) is 63.4 Å². The first-order valence-electron chi connectivity index (χ1n) is 12.2. The lowest BCUT2D eigenvalue weighted by molar-refractivity contribution is -0.137. The monoisotopic (exact) mass is 751 g/mol. The van der Waals surface area contributed by atoms with E-state index >= 15 is 0 Å². The molecule has 5 aromatic rings. The van der Waals surface area contributed by atoms with E-state index in [0.717, 1.165) is 12.1 Å². The Morgan fingerprint density at radius 1 is 0.953 bits per heavy atom. The molecule has 0 saturated carbocycles. The minimum absolute atomic E-state index is 0.0272. The molecule has 0 fully saturated rings. The van der Waals surface area contributed by atoms with Crippen molar-refractivity contribution in [3.8, 4) is 16.9 Å². The number of ether oxygens (including phenoxy) is 1. The molecule has 0 aliphatic heterocycles. The molecule has 5 rings (SSSR count). The van der Waals surface area contributed by atoms with E-state index in [9.17, 15) is 22.8 Å². The summed E-state index contributed by atoms with van der Waals surface area (Å²) in [6.45, 7) is 0. The van der Waals surface area contributed by atoms with Crippen molar-refractivity contribution in [1.82, 2.24) is 10.4 Å². The lowest BCUT2D eigenvalue weighted by Gasteiger charge is -2.12. The maximum absolute atomic E-state index is 13.4. The Morgan fingerprint density at radius 3 is 2.47 bits per heavy atom. The van der Waals surface area contributed by atoms with Crippen molar-refractivity contribution < 1.29 is 27.5 Å². The molecule has 0 spiro atoms. The minimum Gasteiger partial charge on any atom is -0.421 e. The van der Waals surface area contributed by atoms with E-state index in [-0.39, 0.29) is 22.6 Å². The van der Waals surface area contributed by atoms with Gasteiger partial charge < -0.3 is 9.72 Å². The van der Waals surface area contributed by atoms with Gasteiger partial charge in [-0.25, -0.2) is 10.2 Å². The van der Waals surface area contributed by atoms with E-state index in [4.69, 9.17) is 27.9 Å². The third-order valence-electron chi connectivity index (χ3n) is 6.16. The Labute approximate surface area is 269 Å². The lowest BCUT2D eigenvalue weighted by atomic mass is 10.0. The van der Waals surface area contributed by atoms with Crippen molar-refractivity contribution in [3.05, 3.63) is 120 Å². The number of hydrogen-bond acceptors (Lipinski definition) is 4. The smallest absolute Gasteiger partial charge is 0.416 e. The number of aromatic nitrogens is 1. The molecule has 0 bridgehead atoms. The fourth-order valence-corrected chi connectivity index (χ4v) is 5.99. The second-order valence-corrected chi connectivity index (χ2v) is 11.6. The molecule has 0 atom stereocenters. The van der Waals surface area contributed by atoms with E-state index < -0.39 is 23.6 Å². The van der Waals surface area contributed by atoms with Crippen molar-refractivity contribution in [3.63, 3.8) is 0 Å². The number of nitrogens with one attached hydrogen (secondary N) is 2. The zero-order chi connectivity index (χ0) is 30.9. The number of hydrazone groups is 1. The van der Waals surface area contributed by atoms with Crippen LogP contribution in [0.15, 0.2) is 92.9 Å². The first-order valence-corrected chi connectivity index (χ1v) is 14.5. The van der Waals surface area contributed by atoms with E-state index in [1.165, 1.54) is 12.3 Å². The second-order valence-electron chi connectivity index (χ2n) is 9.02. The number of halogens is 7. The maximum atomic E-state index is 13.4. The average molecular weight is 754 g/mol. The Kier molecular flexibility index (Phi) is 8.98. The van der Waals surface area contributed by atoms with Crippen molar-refractivity contribution in [2.75, 3.05) is 0 Å². The Morgan fingerprint density at radius 2 is 1.72 bits per heavy atom. The molecule has 0 saturated heterocycles. The number of nitrogens with zero attached hydrogens (tertiary/aromatic N) is 1. The van der Waals surface area contributed by atoms with Crippen LogP contribution >= 0.6 is 55.1 Å². The summed E-state index contributed by atoms with van der Waals surface area (Å²) in [5.74, 6) is -1.65. The molecule has 1 amide bonds.